The molecule has 1 aliphatic rings. The third kappa shape index (κ3) is 6.13. The fourth-order valence-corrected chi connectivity index (χ4v) is 3.67. The zero-order valence-corrected chi connectivity index (χ0v) is 14.6. The van der Waals surface area contributed by atoms with Crippen molar-refractivity contribution in [1.82, 2.24) is 4.90 Å². The number of aliphatic hydroxyl groups is 1. The largest absolute Gasteiger partial charge is 0.393 e. The van der Waals surface area contributed by atoms with E-state index in [1.54, 1.807) is 0 Å². The maximum Gasteiger partial charge on any atom is 0.0580 e. The molecule has 0 spiro atoms. The zero-order chi connectivity index (χ0) is 15.3. The van der Waals surface area contributed by atoms with Crippen LogP contribution in [-0.4, -0.2) is 35.7 Å². The molecule has 0 aromatic rings. The minimum Gasteiger partial charge on any atom is -0.393 e. The normalized spacial score (nSPS) is 28.1. The molecule has 0 aromatic heterocycles. The third-order valence-corrected chi connectivity index (χ3v) is 4.67. The highest BCUT2D eigenvalue weighted by Gasteiger charge is 2.31. The predicted molar refractivity (Wildman–Crippen MR) is 87.8 cm³/mol. The fourth-order valence-electron chi connectivity index (χ4n) is 3.67. The average molecular weight is 283 g/mol. The van der Waals surface area contributed by atoms with Crippen LogP contribution in [-0.2, 0) is 0 Å². The average Bonchev–Trinajstić information content (AvgIpc) is 2.29. The van der Waals surface area contributed by atoms with Gasteiger partial charge in [0, 0.05) is 19.6 Å². The summed E-state index contributed by atoms with van der Waals surface area (Å²) >= 11 is 0. The first kappa shape index (κ1) is 18.0. The first-order valence-corrected chi connectivity index (χ1v) is 8.70. The Labute approximate surface area is 126 Å². The standard InChI is InChI=1S/C18H37NO/c1-13(2)10-19(11-14(3)4)12-17-9-16(15(5)6)7-8-18(17)20/h13-18,20H,7-12H2,1-6H3. The molecule has 0 aliphatic heterocycles. The van der Waals surface area contributed by atoms with E-state index in [1.165, 1.54) is 12.8 Å². The molecule has 3 unspecified atom stereocenters. The predicted octanol–water partition coefficient (Wildman–Crippen LogP) is 4.03. The molecule has 1 fully saturated rings. The fraction of sp³-hybridized carbons (Fsp3) is 1.00. The first-order chi connectivity index (χ1) is 9.29. The van der Waals surface area contributed by atoms with Gasteiger partial charge in [-0.1, -0.05) is 41.5 Å². The van der Waals surface area contributed by atoms with E-state index in [-0.39, 0.29) is 6.10 Å². The van der Waals surface area contributed by atoms with Crippen LogP contribution in [0.2, 0.25) is 0 Å². The van der Waals surface area contributed by atoms with E-state index in [1.807, 2.05) is 0 Å². The molecule has 1 N–H and O–H groups in total. The van der Waals surface area contributed by atoms with Crippen LogP contribution in [0.1, 0.15) is 60.8 Å². The van der Waals surface area contributed by atoms with Gasteiger partial charge in [0.25, 0.3) is 0 Å². The summed E-state index contributed by atoms with van der Waals surface area (Å²) < 4.78 is 0. The molecular weight excluding hydrogens is 246 g/mol. The Bertz CT molecular complexity index is 252. The summed E-state index contributed by atoms with van der Waals surface area (Å²) in [7, 11) is 0. The molecule has 0 saturated heterocycles. The summed E-state index contributed by atoms with van der Waals surface area (Å²) in [5.74, 6) is 3.46. The summed E-state index contributed by atoms with van der Waals surface area (Å²) in [5.41, 5.74) is 0. The van der Waals surface area contributed by atoms with Crippen molar-refractivity contribution in [3.8, 4) is 0 Å². The van der Waals surface area contributed by atoms with Crippen molar-refractivity contribution in [2.45, 2.75) is 66.9 Å². The molecule has 1 rings (SSSR count). The van der Waals surface area contributed by atoms with Gasteiger partial charge in [-0.25, -0.2) is 0 Å². The van der Waals surface area contributed by atoms with E-state index in [4.69, 9.17) is 0 Å². The Hall–Kier alpha value is -0.0800. The summed E-state index contributed by atoms with van der Waals surface area (Å²) in [6, 6.07) is 0. The molecule has 120 valence electrons. The molecule has 0 amide bonds. The van der Waals surface area contributed by atoms with E-state index < -0.39 is 0 Å². The summed E-state index contributed by atoms with van der Waals surface area (Å²) in [5, 5.41) is 10.4. The molecule has 1 aliphatic carbocycles. The van der Waals surface area contributed by atoms with Gasteiger partial charge in [-0.3, -0.25) is 0 Å². The molecule has 1 saturated carbocycles. The smallest absolute Gasteiger partial charge is 0.0580 e. The van der Waals surface area contributed by atoms with Gasteiger partial charge in [0.2, 0.25) is 0 Å². The van der Waals surface area contributed by atoms with Gasteiger partial charge in [-0.05, 0) is 48.9 Å². The Morgan fingerprint density at radius 2 is 1.50 bits per heavy atom. The van der Waals surface area contributed by atoms with E-state index >= 15 is 0 Å². The van der Waals surface area contributed by atoms with Gasteiger partial charge in [0.15, 0.2) is 0 Å². The van der Waals surface area contributed by atoms with Crippen LogP contribution >= 0.6 is 0 Å². The lowest BCUT2D eigenvalue weighted by Crippen LogP contribution is -2.42. The van der Waals surface area contributed by atoms with Gasteiger partial charge in [-0.15, -0.1) is 0 Å². The molecule has 3 atom stereocenters. The van der Waals surface area contributed by atoms with Crippen LogP contribution in [0.4, 0.5) is 0 Å². The van der Waals surface area contributed by atoms with Gasteiger partial charge < -0.3 is 10.0 Å². The minimum absolute atomic E-state index is 0.0770. The molecule has 2 nitrogen and oxygen atoms in total. The Balaban J connectivity index is 2.59. The summed E-state index contributed by atoms with van der Waals surface area (Å²) in [6.07, 6.45) is 3.35. The van der Waals surface area contributed by atoms with Crippen LogP contribution < -0.4 is 0 Å². The summed E-state index contributed by atoms with van der Waals surface area (Å²) in [4.78, 5) is 2.59. The molecule has 0 aromatic carbocycles. The number of aliphatic hydroxyl groups excluding tert-OH is 1. The van der Waals surface area contributed by atoms with Crippen molar-refractivity contribution >= 4 is 0 Å². The zero-order valence-electron chi connectivity index (χ0n) is 14.6. The highest BCUT2D eigenvalue weighted by molar-refractivity contribution is 4.83. The monoisotopic (exact) mass is 283 g/mol. The molecule has 0 heterocycles. The Morgan fingerprint density at radius 1 is 0.950 bits per heavy atom. The number of hydrogen-bond donors (Lipinski definition) is 1. The lowest BCUT2D eigenvalue weighted by Gasteiger charge is -2.39. The van der Waals surface area contributed by atoms with Crippen molar-refractivity contribution in [3.05, 3.63) is 0 Å². The molecule has 20 heavy (non-hydrogen) atoms. The topological polar surface area (TPSA) is 23.5 Å². The molecule has 0 bridgehead atoms. The second kappa shape index (κ2) is 8.38. The van der Waals surface area contributed by atoms with Crippen molar-refractivity contribution in [1.29, 1.82) is 0 Å². The quantitative estimate of drug-likeness (QED) is 0.762. The second-order valence-electron chi connectivity index (χ2n) is 8.15. The van der Waals surface area contributed by atoms with Gasteiger partial charge in [0.1, 0.15) is 0 Å². The van der Waals surface area contributed by atoms with Gasteiger partial charge >= 0.3 is 0 Å². The highest BCUT2D eigenvalue weighted by Crippen LogP contribution is 2.34. The van der Waals surface area contributed by atoms with Crippen LogP contribution in [0.5, 0.6) is 0 Å². The van der Waals surface area contributed by atoms with E-state index in [9.17, 15) is 5.11 Å². The van der Waals surface area contributed by atoms with Crippen LogP contribution in [0.3, 0.4) is 0 Å². The van der Waals surface area contributed by atoms with Crippen LogP contribution in [0.25, 0.3) is 0 Å². The van der Waals surface area contributed by atoms with E-state index in [0.717, 1.165) is 37.9 Å². The lowest BCUT2D eigenvalue weighted by atomic mass is 9.74. The van der Waals surface area contributed by atoms with Crippen molar-refractivity contribution in [2.24, 2.45) is 29.6 Å². The van der Waals surface area contributed by atoms with Crippen LogP contribution in [0, 0.1) is 29.6 Å². The SMILES string of the molecule is CC(C)CN(CC(C)C)CC1CC(C(C)C)CCC1O. The van der Waals surface area contributed by atoms with Crippen molar-refractivity contribution in [3.63, 3.8) is 0 Å². The third-order valence-electron chi connectivity index (χ3n) is 4.67. The lowest BCUT2D eigenvalue weighted by molar-refractivity contribution is 0.0148. The van der Waals surface area contributed by atoms with E-state index in [0.29, 0.717) is 17.8 Å². The van der Waals surface area contributed by atoms with Gasteiger partial charge in [0.05, 0.1) is 6.10 Å². The molecular formula is C18H37NO. The van der Waals surface area contributed by atoms with Crippen LogP contribution in [0.15, 0.2) is 0 Å². The Kier molecular flexibility index (Phi) is 7.53. The number of hydrogen-bond acceptors (Lipinski definition) is 2. The number of rotatable bonds is 7. The van der Waals surface area contributed by atoms with Gasteiger partial charge in [-0.2, -0.15) is 0 Å². The second-order valence-corrected chi connectivity index (χ2v) is 8.15. The molecule has 0 radical (unpaired) electrons. The highest BCUT2D eigenvalue weighted by atomic mass is 16.3. The number of nitrogens with zero attached hydrogens (tertiary/aromatic N) is 1. The van der Waals surface area contributed by atoms with Crippen molar-refractivity contribution in [2.75, 3.05) is 19.6 Å². The minimum atomic E-state index is -0.0770. The Morgan fingerprint density at radius 3 is 1.95 bits per heavy atom. The summed E-state index contributed by atoms with van der Waals surface area (Å²) in [6.45, 7) is 17.2. The molecule has 2 heteroatoms. The maximum absolute atomic E-state index is 10.4. The van der Waals surface area contributed by atoms with Crippen molar-refractivity contribution < 1.29 is 5.11 Å². The van der Waals surface area contributed by atoms with E-state index in [2.05, 4.69) is 46.4 Å². The first-order valence-electron chi connectivity index (χ1n) is 8.70. The maximum atomic E-state index is 10.4.